The van der Waals surface area contributed by atoms with Crippen molar-refractivity contribution in [3.63, 3.8) is 0 Å². The van der Waals surface area contributed by atoms with Crippen molar-refractivity contribution in [1.29, 1.82) is 0 Å². The molecule has 1 fully saturated rings. The van der Waals surface area contributed by atoms with Gasteiger partial charge >= 0.3 is 0 Å². The van der Waals surface area contributed by atoms with Gasteiger partial charge in [-0.05, 0) is 69.8 Å². The maximum atomic E-state index is 11.3. The van der Waals surface area contributed by atoms with Crippen molar-refractivity contribution in [2.75, 3.05) is 35.0 Å². The minimum atomic E-state index is -0.780. The van der Waals surface area contributed by atoms with Crippen LogP contribution in [0.2, 0.25) is 0 Å². The van der Waals surface area contributed by atoms with Gasteiger partial charge in [-0.2, -0.15) is 0 Å². The molecule has 2 heterocycles. The summed E-state index contributed by atoms with van der Waals surface area (Å²) in [6.07, 6.45) is 2.40. The summed E-state index contributed by atoms with van der Waals surface area (Å²) in [5.41, 5.74) is 1.63. The molecule has 1 N–H and O–H groups in total. The molecule has 0 aliphatic carbocycles. The summed E-state index contributed by atoms with van der Waals surface area (Å²) >= 11 is 0. The Hall–Kier alpha value is -2.70. The smallest absolute Gasteiger partial charge is 0.161 e. The number of benzene rings is 3. The first-order valence-corrected chi connectivity index (χ1v) is 10.3. The van der Waals surface area contributed by atoms with Gasteiger partial charge < -0.3 is 24.1 Å². The van der Waals surface area contributed by atoms with Crippen LogP contribution < -0.4 is 18.9 Å². The van der Waals surface area contributed by atoms with Gasteiger partial charge in [-0.3, -0.25) is 4.90 Å². The van der Waals surface area contributed by atoms with Gasteiger partial charge in [0, 0.05) is 19.5 Å². The fourth-order valence-electron chi connectivity index (χ4n) is 5.23. The number of hydrogen-bond donors (Lipinski definition) is 1. The fraction of sp³-hybridized carbons (Fsp3) is 0.417. The third kappa shape index (κ3) is 2.63. The van der Waals surface area contributed by atoms with Crippen molar-refractivity contribution in [1.82, 2.24) is 4.90 Å². The zero-order chi connectivity index (χ0) is 21.0. The number of ether oxygens (including phenoxy) is 4. The highest BCUT2D eigenvalue weighted by Gasteiger charge is 2.43. The molecule has 2 aliphatic rings. The summed E-state index contributed by atoms with van der Waals surface area (Å²) < 4.78 is 22.4. The Morgan fingerprint density at radius 1 is 0.733 bits per heavy atom. The predicted molar refractivity (Wildman–Crippen MR) is 116 cm³/mol. The van der Waals surface area contributed by atoms with Crippen LogP contribution in [0, 0.1) is 0 Å². The van der Waals surface area contributed by atoms with Crippen LogP contribution in [0.1, 0.15) is 24.0 Å². The van der Waals surface area contributed by atoms with Gasteiger partial charge in [0.15, 0.2) is 23.0 Å². The van der Waals surface area contributed by atoms with Crippen LogP contribution in [0.4, 0.5) is 0 Å². The first kappa shape index (κ1) is 19.3. The lowest BCUT2D eigenvalue weighted by molar-refractivity contribution is -0.0910. The molecule has 30 heavy (non-hydrogen) atoms. The average molecular weight is 409 g/mol. The van der Waals surface area contributed by atoms with Gasteiger partial charge in [0.25, 0.3) is 0 Å². The van der Waals surface area contributed by atoms with E-state index in [1.54, 1.807) is 28.4 Å². The molecule has 1 saturated heterocycles. The van der Waals surface area contributed by atoms with Crippen LogP contribution in [0.25, 0.3) is 21.5 Å². The van der Waals surface area contributed by atoms with Gasteiger partial charge in [-0.15, -0.1) is 0 Å². The van der Waals surface area contributed by atoms with E-state index in [1.807, 2.05) is 18.2 Å². The number of aliphatic hydroxyl groups is 1. The summed E-state index contributed by atoms with van der Waals surface area (Å²) in [6.45, 7) is 1.62. The van der Waals surface area contributed by atoms with Crippen LogP contribution in [-0.4, -0.2) is 50.7 Å². The lowest BCUT2D eigenvalue weighted by atomic mass is 9.83. The van der Waals surface area contributed by atoms with Crippen LogP contribution >= 0.6 is 0 Å². The molecule has 2 aliphatic heterocycles. The molecule has 1 atom stereocenters. The summed E-state index contributed by atoms with van der Waals surface area (Å²) in [5, 5.41) is 15.7. The van der Waals surface area contributed by atoms with Crippen molar-refractivity contribution in [2.45, 2.75) is 31.5 Å². The molecule has 6 nitrogen and oxygen atoms in total. The van der Waals surface area contributed by atoms with Gasteiger partial charge in [-0.1, -0.05) is 0 Å². The van der Waals surface area contributed by atoms with Gasteiger partial charge in [-0.25, -0.2) is 0 Å². The lowest BCUT2D eigenvalue weighted by Crippen LogP contribution is -2.48. The highest BCUT2D eigenvalue weighted by atomic mass is 16.5. The van der Waals surface area contributed by atoms with Crippen molar-refractivity contribution < 1.29 is 24.1 Å². The Balaban J connectivity index is 1.91. The van der Waals surface area contributed by atoms with E-state index in [1.165, 1.54) is 11.1 Å². The maximum Gasteiger partial charge on any atom is 0.161 e. The summed E-state index contributed by atoms with van der Waals surface area (Å²) in [6, 6.07) is 8.15. The Kier molecular flexibility index (Phi) is 4.45. The number of methoxy groups -OCH3 is 4. The minimum absolute atomic E-state index is 0.596. The molecule has 5 rings (SSSR count). The second kappa shape index (κ2) is 6.93. The second-order valence-corrected chi connectivity index (χ2v) is 8.15. The number of rotatable bonds is 4. The van der Waals surface area contributed by atoms with Crippen LogP contribution in [0.15, 0.2) is 24.3 Å². The van der Waals surface area contributed by atoms with E-state index in [0.717, 1.165) is 40.9 Å². The molecule has 0 radical (unpaired) electrons. The summed E-state index contributed by atoms with van der Waals surface area (Å²) in [7, 11) is 6.60. The van der Waals surface area contributed by atoms with Crippen LogP contribution in [-0.2, 0) is 13.0 Å². The Morgan fingerprint density at radius 3 is 1.70 bits per heavy atom. The molecule has 158 valence electrons. The predicted octanol–water partition coefficient (Wildman–Crippen LogP) is 3.87. The number of nitrogens with zero attached hydrogens (tertiary/aromatic N) is 1. The Labute approximate surface area is 175 Å². The molecular weight excluding hydrogens is 382 g/mol. The SMILES string of the molecule is COc1cc2c3c(c4cc(OC)c(OC)cc4c2cc1OC)CC1(O)CCCN1C3. The third-order valence-electron chi connectivity index (χ3n) is 6.75. The lowest BCUT2D eigenvalue weighted by Gasteiger charge is -2.40. The van der Waals surface area contributed by atoms with Gasteiger partial charge in [0.2, 0.25) is 0 Å². The van der Waals surface area contributed by atoms with Crippen molar-refractivity contribution >= 4 is 21.5 Å². The maximum absolute atomic E-state index is 11.3. The molecule has 0 spiro atoms. The molecule has 3 aromatic carbocycles. The van der Waals surface area contributed by atoms with Crippen molar-refractivity contribution in [2.24, 2.45) is 0 Å². The zero-order valence-corrected chi connectivity index (χ0v) is 17.9. The molecule has 1 unspecified atom stereocenters. The molecule has 0 aromatic heterocycles. The minimum Gasteiger partial charge on any atom is -0.493 e. The number of fused-ring (bicyclic) bond motifs is 7. The molecule has 0 saturated carbocycles. The zero-order valence-electron chi connectivity index (χ0n) is 17.9. The van der Waals surface area contributed by atoms with E-state index in [9.17, 15) is 5.11 Å². The fourth-order valence-corrected chi connectivity index (χ4v) is 5.23. The van der Waals surface area contributed by atoms with E-state index >= 15 is 0 Å². The van der Waals surface area contributed by atoms with Crippen LogP contribution in [0.5, 0.6) is 23.0 Å². The van der Waals surface area contributed by atoms with Crippen LogP contribution in [0.3, 0.4) is 0 Å². The van der Waals surface area contributed by atoms with E-state index in [2.05, 4.69) is 11.0 Å². The normalized spacial score (nSPS) is 20.8. The van der Waals surface area contributed by atoms with Gasteiger partial charge in [0.05, 0.1) is 28.4 Å². The quantitative estimate of drug-likeness (QED) is 0.660. The van der Waals surface area contributed by atoms with E-state index in [4.69, 9.17) is 18.9 Å². The van der Waals surface area contributed by atoms with Gasteiger partial charge in [0.1, 0.15) is 5.72 Å². The molecule has 0 amide bonds. The Morgan fingerprint density at radius 2 is 1.20 bits per heavy atom. The number of hydrogen-bond acceptors (Lipinski definition) is 6. The Bertz CT molecular complexity index is 1160. The summed E-state index contributed by atoms with van der Waals surface area (Å²) in [4.78, 5) is 2.21. The van der Waals surface area contributed by atoms with E-state index < -0.39 is 5.72 Å². The van der Waals surface area contributed by atoms with Crippen molar-refractivity contribution in [3.8, 4) is 23.0 Å². The van der Waals surface area contributed by atoms with E-state index in [0.29, 0.717) is 36.0 Å². The van der Waals surface area contributed by atoms with E-state index in [-0.39, 0.29) is 0 Å². The molecular formula is C24H27NO5. The third-order valence-corrected chi connectivity index (χ3v) is 6.75. The molecule has 0 bridgehead atoms. The standard InChI is InChI=1S/C24H27NO5/c1-27-20-8-14-15-9-21(28-2)23(30-4)11-17(15)19-13-25-7-5-6-24(25,26)12-18(19)16(14)10-22(20)29-3/h8-11,26H,5-7,12-13H2,1-4H3. The monoisotopic (exact) mass is 409 g/mol. The summed E-state index contributed by atoms with van der Waals surface area (Å²) in [5.74, 6) is 2.76. The highest BCUT2D eigenvalue weighted by Crippen LogP contribution is 2.47. The second-order valence-electron chi connectivity index (χ2n) is 8.15. The average Bonchev–Trinajstić information content (AvgIpc) is 3.16. The first-order valence-electron chi connectivity index (χ1n) is 10.3. The highest BCUT2D eigenvalue weighted by molar-refractivity contribution is 6.13. The first-order chi connectivity index (χ1) is 14.5. The topological polar surface area (TPSA) is 60.4 Å². The van der Waals surface area contributed by atoms with Crippen molar-refractivity contribution in [3.05, 3.63) is 35.4 Å². The molecule has 3 aromatic rings. The molecule has 6 heteroatoms. The largest absolute Gasteiger partial charge is 0.493 e.